The minimum absolute atomic E-state index is 0.0180. The largest absolute Gasteiger partial charge is 0.508 e. The summed E-state index contributed by atoms with van der Waals surface area (Å²) in [7, 11) is 0. The van der Waals surface area contributed by atoms with Crippen molar-refractivity contribution in [1.82, 2.24) is 0 Å². The lowest BCUT2D eigenvalue weighted by atomic mass is 9.95. The molecule has 1 fully saturated rings. The number of ketones is 1. The number of phenols is 1. The van der Waals surface area contributed by atoms with Crippen molar-refractivity contribution in [1.29, 1.82) is 0 Å². The maximum absolute atomic E-state index is 13.2. The Morgan fingerprint density at radius 1 is 0.970 bits per heavy atom. The van der Waals surface area contributed by atoms with Gasteiger partial charge in [0.05, 0.1) is 18.2 Å². The van der Waals surface area contributed by atoms with Crippen molar-refractivity contribution >= 4 is 23.1 Å². The molecule has 0 radical (unpaired) electrons. The fraction of sp³-hybridized carbons (Fsp3) is 0.185. The second-order valence-corrected chi connectivity index (χ2v) is 8.33. The standard InChI is InChI=1S/C27H25NO5/c1-17(2)16-33-22-10-6-7-19(15-22)25(30)23-24(18-11-13-21(29)14-12-18)28(27(32)26(23)31)20-8-4-3-5-9-20/h3-15,17,24,29-30H,16H2,1-2H3/b25-23-. The van der Waals surface area contributed by atoms with E-state index in [1.54, 1.807) is 60.7 Å². The minimum atomic E-state index is -0.853. The minimum Gasteiger partial charge on any atom is -0.508 e. The molecule has 33 heavy (non-hydrogen) atoms. The summed E-state index contributed by atoms with van der Waals surface area (Å²) in [6.45, 7) is 4.58. The summed E-state index contributed by atoms with van der Waals surface area (Å²) in [5, 5.41) is 21.0. The van der Waals surface area contributed by atoms with Gasteiger partial charge in [-0.25, -0.2) is 0 Å². The monoisotopic (exact) mass is 443 g/mol. The highest BCUT2D eigenvalue weighted by Gasteiger charge is 2.46. The molecule has 1 heterocycles. The number of aliphatic hydroxyl groups excluding tert-OH is 1. The average Bonchev–Trinajstić information content (AvgIpc) is 3.09. The summed E-state index contributed by atoms with van der Waals surface area (Å²) in [5.41, 5.74) is 1.48. The molecule has 1 unspecified atom stereocenters. The highest BCUT2D eigenvalue weighted by atomic mass is 16.5. The van der Waals surface area contributed by atoms with Crippen molar-refractivity contribution in [3.63, 3.8) is 0 Å². The lowest BCUT2D eigenvalue weighted by molar-refractivity contribution is -0.132. The number of amides is 1. The van der Waals surface area contributed by atoms with Crippen LogP contribution in [-0.4, -0.2) is 28.5 Å². The number of Topliss-reactive ketones (excluding diaryl/α,β-unsaturated/α-hetero) is 1. The van der Waals surface area contributed by atoms with Crippen LogP contribution in [0.5, 0.6) is 11.5 Å². The summed E-state index contributed by atoms with van der Waals surface area (Å²) in [6.07, 6.45) is 0. The SMILES string of the molecule is CC(C)COc1cccc(/C(O)=C2/C(=O)C(=O)N(c3ccccc3)C2c2ccc(O)cc2)c1. The molecule has 0 aromatic heterocycles. The Kier molecular flexibility index (Phi) is 6.18. The summed E-state index contributed by atoms with van der Waals surface area (Å²) in [4.78, 5) is 27.6. The van der Waals surface area contributed by atoms with Crippen LogP contribution in [-0.2, 0) is 9.59 Å². The number of hydrogen-bond acceptors (Lipinski definition) is 5. The van der Waals surface area contributed by atoms with Gasteiger partial charge >= 0.3 is 0 Å². The number of para-hydroxylation sites is 1. The molecule has 1 aliphatic rings. The van der Waals surface area contributed by atoms with Gasteiger partial charge in [-0.15, -0.1) is 0 Å². The molecule has 0 saturated carbocycles. The predicted molar refractivity (Wildman–Crippen MR) is 126 cm³/mol. The number of nitrogens with zero attached hydrogens (tertiary/aromatic N) is 1. The van der Waals surface area contributed by atoms with E-state index in [9.17, 15) is 19.8 Å². The summed E-state index contributed by atoms with van der Waals surface area (Å²) >= 11 is 0. The number of phenolic OH excluding ortho intramolecular Hbond substituents is 1. The van der Waals surface area contributed by atoms with E-state index in [4.69, 9.17) is 4.74 Å². The number of anilines is 1. The van der Waals surface area contributed by atoms with Gasteiger partial charge in [0, 0.05) is 11.3 Å². The average molecular weight is 443 g/mol. The van der Waals surface area contributed by atoms with Crippen LogP contribution in [0.1, 0.15) is 31.0 Å². The first-order chi connectivity index (χ1) is 15.9. The normalized spacial score (nSPS) is 17.5. The third kappa shape index (κ3) is 4.46. The second-order valence-electron chi connectivity index (χ2n) is 8.33. The van der Waals surface area contributed by atoms with E-state index in [0.29, 0.717) is 35.1 Å². The number of ether oxygens (including phenoxy) is 1. The number of carbonyl (C=O) groups excluding carboxylic acids is 2. The molecule has 1 amide bonds. The summed E-state index contributed by atoms with van der Waals surface area (Å²) in [5.74, 6) is -0.833. The van der Waals surface area contributed by atoms with Gasteiger partial charge in [-0.05, 0) is 47.9 Å². The van der Waals surface area contributed by atoms with Gasteiger partial charge in [-0.3, -0.25) is 14.5 Å². The Labute approximate surface area is 192 Å². The van der Waals surface area contributed by atoms with Gasteiger partial charge < -0.3 is 14.9 Å². The Balaban J connectivity index is 1.85. The maximum Gasteiger partial charge on any atom is 0.300 e. The molecule has 1 aliphatic heterocycles. The van der Waals surface area contributed by atoms with Crippen LogP contribution < -0.4 is 9.64 Å². The number of aromatic hydroxyl groups is 1. The number of carbonyl (C=O) groups is 2. The smallest absolute Gasteiger partial charge is 0.300 e. The lowest BCUT2D eigenvalue weighted by Gasteiger charge is -2.25. The van der Waals surface area contributed by atoms with Crippen LogP contribution in [0.3, 0.4) is 0 Å². The van der Waals surface area contributed by atoms with Gasteiger partial charge in [0.2, 0.25) is 0 Å². The quantitative estimate of drug-likeness (QED) is 0.316. The molecular formula is C27H25NO5. The number of hydrogen-bond donors (Lipinski definition) is 2. The molecule has 0 aliphatic carbocycles. The van der Waals surface area contributed by atoms with Gasteiger partial charge in [0.1, 0.15) is 17.3 Å². The maximum atomic E-state index is 13.2. The first kappa shape index (κ1) is 22.1. The molecule has 4 rings (SSSR count). The van der Waals surface area contributed by atoms with E-state index in [1.807, 2.05) is 19.9 Å². The molecule has 1 atom stereocenters. The molecule has 3 aromatic rings. The van der Waals surface area contributed by atoms with Gasteiger partial charge in [0.15, 0.2) is 0 Å². The van der Waals surface area contributed by atoms with Crippen molar-refractivity contribution < 1.29 is 24.5 Å². The summed E-state index contributed by atoms with van der Waals surface area (Å²) < 4.78 is 5.76. The number of aliphatic hydroxyl groups is 1. The molecule has 0 spiro atoms. The number of rotatable bonds is 6. The van der Waals surface area contributed by atoms with Crippen LogP contribution in [0.25, 0.3) is 5.76 Å². The van der Waals surface area contributed by atoms with Crippen LogP contribution in [0, 0.1) is 5.92 Å². The first-order valence-corrected chi connectivity index (χ1v) is 10.7. The highest BCUT2D eigenvalue weighted by Crippen LogP contribution is 2.42. The lowest BCUT2D eigenvalue weighted by Crippen LogP contribution is -2.29. The van der Waals surface area contributed by atoms with Crippen molar-refractivity contribution in [3.8, 4) is 11.5 Å². The predicted octanol–water partition coefficient (Wildman–Crippen LogP) is 5.05. The molecule has 2 N–H and O–H groups in total. The fourth-order valence-electron chi connectivity index (χ4n) is 3.81. The Morgan fingerprint density at radius 3 is 2.33 bits per heavy atom. The highest BCUT2D eigenvalue weighted by molar-refractivity contribution is 6.51. The van der Waals surface area contributed by atoms with E-state index >= 15 is 0 Å². The Hall–Kier alpha value is -4.06. The molecule has 168 valence electrons. The van der Waals surface area contributed by atoms with Gasteiger partial charge in [0.25, 0.3) is 11.7 Å². The van der Waals surface area contributed by atoms with E-state index < -0.39 is 17.7 Å². The first-order valence-electron chi connectivity index (χ1n) is 10.7. The molecule has 6 heteroatoms. The van der Waals surface area contributed by atoms with Gasteiger partial charge in [-0.2, -0.15) is 0 Å². The van der Waals surface area contributed by atoms with Crippen molar-refractivity contribution in [2.75, 3.05) is 11.5 Å². The Bertz CT molecular complexity index is 1200. The molecule has 0 bridgehead atoms. The molecule has 6 nitrogen and oxygen atoms in total. The zero-order valence-electron chi connectivity index (χ0n) is 18.4. The molecule has 1 saturated heterocycles. The van der Waals surface area contributed by atoms with Crippen LogP contribution in [0.2, 0.25) is 0 Å². The summed E-state index contributed by atoms with van der Waals surface area (Å²) in [6, 6.07) is 21.1. The number of benzene rings is 3. The Morgan fingerprint density at radius 2 is 1.67 bits per heavy atom. The zero-order chi connectivity index (χ0) is 23.5. The second kappa shape index (κ2) is 9.20. The van der Waals surface area contributed by atoms with Crippen LogP contribution >= 0.6 is 0 Å². The van der Waals surface area contributed by atoms with Crippen LogP contribution in [0.4, 0.5) is 5.69 Å². The van der Waals surface area contributed by atoms with E-state index in [2.05, 4.69) is 0 Å². The fourth-order valence-corrected chi connectivity index (χ4v) is 3.81. The van der Waals surface area contributed by atoms with E-state index in [0.717, 1.165) is 0 Å². The zero-order valence-corrected chi connectivity index (χ0v) is 18.4. The van der Waals surface area contributed by atoms with Crippen molar-refractivity contribution in [2.45, 2.75) is 19.9 Å². The van der Waals surface area contributed by atoms with Crippen molar-refractivity contribution in [3.05, 3.63) is 95.6 Å². The topological polar surface area (TPSA) is 87.1 Å². The molecule has 3 aromatic carbocycles. The van der Waals surface area contributed by atoms with E-state index in [-0.39, 0.29) is 17.1 Å². The van der Waals surface area contributed by atoms with Gasteiger partial charge in [-0.1, -0.05) is 56.3 Å². The van der Waals surface area contributed by atoms with Crippen molar-refractivity contribution in [2.24, 2.45) is 5.92 Å². The third-order valence-corrected chi connectivity index (χ3v) is 5.38. The molecular weight excluding hydrogens is 418 g/mol. The third-order valence-electron chi connectivity index (χ3n) is 5.38. The van der Waals surface area contributed by atoms with E-state index in [1.165, 1.54) is 17.0 Å². The van der Waals surface area contributed by atoms with Crippen LogP contribution in [0.15, 0.2) is 84.4 Å².